The van der Waals surface area contributed by atoms with Gasteiger partial charge in [-0.05, 0) is 23.8 Å². The van der Waals surface area contributed by atoms with Gasteiger partial charge in [0.15, 0.2) is 12.6 Å². The van der Waals surface area contributed by atoms with Crippen LogP contribution in [0.3, 0.4) is 0 Å². The van der Waals surface area contributed by atoms with E-state index in [-0.39, 0.29) is 24.2 Å². The van der Waals surface area contributed by atoms with Crippen LogP contribution in [0.25, 0.3) is 6.08 Å². The molecule has 1 aliphatic carbocycles. The number of phenols is 1. The lowest BCUT2D eigenvalue weighted by molar-refractivity contribution is -0.274. The molecule has 1 saturated carbocycles. The molecule has 3 aliphatic rings. The number of esters is 1. The molecule has 0 radical (unpaired) electrons. The van der Waals surface area contributed by atoms with Gasteiger partial charge in [-0.25, -0.2) is 4.79 Å². The molecular weight excluding hydrogens is 340 g/mol. The first-order chi connectivity index (χ1) is 12.5. The largest absolute Gasteiger partial charge is 0.508 e. The van der Waals surface area contributed by atoms with Crippen LogP contribution in [-0.4, -0.2) is 54.2 Å². The molecule has 6 atom stereocenters. The molecule has 2 saturated heterocycles. The highest BCUT2D eigenvalue weighted by atomic mass is 16.8. The second-order valence-corrected chi connectivity index (χ2v) is 7.11. The summed E-state index contributed by atoms with van der Waals surface area (Å²) < 4.78 is 22.2. The monoisotopic (exact) mass is 362 g/mol. The number of carbonyl (C=O) groups is 1. The van der Waals surface area contributed by atoms with Gasteiger partial charge >= 0.3 is 5.97 Å². The molecule has 1 aromatic rings. The van der Waals surface area contributed by atoms with E-state index in [0.29, 0.717) is 12.8 Å². The van der Waals surface area contributed by atoms with Gasteiger partial charge in [0.2, 0.25) is 0 Å². The van der Waals surface area contributed by atoms with Crippen molar-refractivity contribution in [2.45, 2.75) is 37.1 Å². The average molecular weight is 362 g/mol. The van der Waals surface area contributed by atoms with Crippen molar-refractivity contribution in [1.29, 1.82) is 0 Å². The number of carbonyl (C=O) groups excluding carboxylic acids is 1. The minimum absolute atomic E-state index is 0.0720. The molecule has 2 N–H and O–H groups in total. The molecule has 0 unspecified atom stereocenters. The number of hydrogen-bond acceptors (Lipinski definition) is 7. The summed E-state index contributed by atoms with van der Waals surface area (Å²) in [5, 5.41) is 20.1. The molecule has 4 rings (SSSR count). The maximum Gasteiger partial charge on any atom is 0.331 e. The van der Waals surface area contributed by atoms with Crippen molar-refractivity contribution in [1.82, 2.24) is 0 Å². The first-order valence-electron chi connectivity index (χ1n) is 8.68. The summed E-state index contributed by atoms with van der Waals surface area (Å²) >= 11 is 0. The fourth-order valence-corrected chi connectivity index (χ4v) is 4.27. The summed E-state index contributed by atoms with van der Waals surface area (Å²) in [4.78, 5) is 12.2. The Bertz CT molecular complexity index is 700. The normalized spacial score (nSPS) is 38.5. The first-order valence-corrected chi connectivity index (χ1v) is 8.68. The molecule has 26 heavy (non-hydrogen) atoms. The van der Waals surface area contributed by atoms with E-state index in [1.54, 1.807) is 37.5 Å². The summed E-state index contributed by atoms with van der Waals surface area (Å²) in [5.41, 5.74) is -0.250. The lowest BCUT2D eigenvalue weighted by Crippen LogP contribution is -2.45. The van der Waals surface area contributed by atoms with Crippen molar-refractivity contribution in [3.05, 3.63) is 35.9 Å². The van der Waals surface area contributed by atoms with Crippen molar-refractivity contribution in [3.63, 3.8) is 0 Å². The van der Waals surface area contributed by atoms with Gasteiger partial charge in [-0.15, -0.1) is 0 Å². The third kappa shape index (κ3) is 3.12. The Hall–Kier alpha value is -1.93. The standard InChI is InChI=1S/C19H22O7/c1-23-16-8-13-14(9-19(22)10-24-18(26-16)17(13)19)25-15(21)7-4-11-2-5-12(20)6-3-11/h2-7,13-14,16-18,20,22H,8-10H2,1H3/b7-4+/t13-,14+,16-,17+,18-,19+/m0/s1. The van der Waals surface area contributed by atoms with Crippen LogP contribution in [0.15, 0.2) is 30.3 Å². The molecule has 0 spiro atoms. The summed E-state index contributed by atoms with van der Waals surface area (Å²) in [6, 6.07) is 6.49. The quantitative estimate of drug-likeness (QED) is 0.618. The summed E-state index contributed by atoms with van der Waals surface area (Å²) in [6.07, 6.45) is 2.48. The number of ether oxygens (including phenoxy) is 4. The number of methoxy groups -OCH3 is 1. The SMILES string of the molecule is CO[C@@H]1C[C@@H]2[C@@H]3[C@@H](OC[C@]3(O)C[C@H]2OC(=O)/C=C/c2ccc(O)cc2)O1. The Labute approximate surface area is 151 Å². The topological polar surface area (TPSA) is 94.5 Å². The lowest BCUT2D eigenvalue weighted by atomic mass is 9.84. The molecule has 2 aliphatic heterocycles. The number of benzene rings is 1. The molecular formula is C19H22O7. The predicted octanol–water partition coefficient (Wildman–Crippen LogP) is 1.43. The molecule has 140 valence electrons. The van der Waals surface area contributed by atoms with Crippen molar-refractivity contribution in [3.8, 4) is 5.75 Å². The van der Waals surface area contributed by atoms with Crippen LogP contribution < -0.4 is 0 Å². The lowest BCUT2D eigenvalue weighted by Gasteiger charge is -2.37. The molecule has 0 amide bonds. The molecule has 1 aromatic carbocycles. The highest BCUT2D eigenvalue weighted by Gasteiger charge is 2.64. The zero-order valence-electron chi connectivity index (χ0n) is 14.4. The van der Waals surface area contributed by atoms with Crippen LogP contribution >= 0.6 is 0 Å². The van der Waals surface area contributed by atoms with Gasteiger partial charge in [0, 0.05) is 37.9 Å². The zero-order valence-corrected chi connectivity index (χ0v) is 14.4. The molecule has 0 bridgehead atoms. The predicted molar refractivity (Wildman–Crippen MR) is 89.8 cm³/mol. The highest BCUT2D eigenvalue weighted by Crippen LogP contribution is 2.53. The van der Waals surface area contributed by atoms with E-state index in [1.807, 2.05) is 0 Å². The van der Waals surface area contributed by atoms with Crippen molar-refractivity contribution in [2.24, 2.45) is 11.8 Å². The Kier molecular flexibility index (Phi) is 4.48. The average Bonchev–Trinajstić information content (AvgIpc) is 3.10. The van der Waals surface area contributed by atoms with Gasteiger partial charge in [-0.1, -0.05) is 12.1 Å². The van der Waals surface area contributed by atoms with Crippen molar-refractivity contribution < 1.29 is 34.0 Å². The van der Waals surface area contributed by atoms with Crippen LogP contribution in [0.2, 0.25) is 0 Å². The van der Waals surface area contributed by atoms with E-state index in [2.05, 4.69) is 0 Å². The minimum Gasteiger partial charge on any atom is -0.508 e. The van der Waals surface area contributed by atoms with Crippen LogP contribution in [0, 0.1) is 11.8 Å². The van der Waals surface area contributed by atoms with Gasteiger partial charge in [-0.2, -0.15) is 0 Å². The number of phenolic OH excluding ortho intramolecular Hbond substituents is 1. The minimum atomic E-state index is -1.03. The first kappa shape index (κ1) is 17.5. The summed E-state index contributed by atoms with van der Waals surface area (Å²) in [5.74, 6) is -0.589. The smallest absolute Gasteiger partial charge is 0.331 e. The zero-order chi connectivity index (χ0) is 18.3. The Morgan fingerprint density at radius 2 is 2.12 bits per heavy atom. The maximum absolute atomic E-state index is 12.2. The number of aromatic hydroxyl groups is 1. The van der Waals surface area contributed by atoms with E-state index in [0.717, 1.165) is 5.56 Å². The maximum atomic E-state index is 12.2. The Morgan fingerprint density at radius 1 is 1.35 bits per heavy atom. The van der Waals surface area contributed by atoms with E-state index >= 15 is 0 Å². The number of hydrogen-bond donors (Lipinski definition) is 2. The molecule has 7 nitrogen and oxygen atoms in total. The van der Waals surface area contributed by atoms with Crippen LogP contribution in [0.4, 0.5) is 0 Å². The Morgan fingerprint density at radius 3 is 2.85 bits per heavy atom. The molecule has 3 fully saturated rings. The second kappa shape index (κ2) is 6.66. The van der Waals surface area contributed by atoms with Gasteiger partial charge < -0.3 is 29.2 Å². The van der Waals surface area contributed by atoms with Gasteiger partial charge in [0.25, 0.3) is 0 Å². The van der Waals surface area contributed by atoms with E-state index in [1.165, 1.54) is 6.08 Å². The molecule has 0 aromatic heterocycles. The number of rotatable bonds is 4. The van der Waals surface area contributed by atoms with Gasteiger partial charge in [0.05, 0.1) is 12.2 Å². The summed E-state index contributed by atoms with van der Waals surface area (Å²) in [6.45, 7) is 0.173. The summed E-state index contributed by atoms with van der Waals surface area (Å²) in [7, 11) is 1.56. The fraction of sp³-hybridized carbons (Fsp3) is 0.526. The van der Waals surface area contributed by atoms with Crippen LogP contribution in [0.5, 0.6) is 5.75 Å². The van der Waals surface area contributed by atoms with E-state index < -0.39 is 30.3 Å². The van der Waals surface area contributed by atoms with Gasteiger partial charge in [-0.3, -0.25) is 0 Å². The molecule has 2 heterocycles. The Balaban J connectivity index is 1.44. The third-order valence-corrected chi connectivity index (χ3v) is 5.49. The fourth-order valence-electron chi connectivity index (χ4n) is 4.27. The second-order valence-electron chi connectivity index (χ2n) is 7.11. The molecule has 7 heteroatoms. The van der Waals surface area contributed by atoms with Crippen LogP contribution in [0.1, 0.15) is 18.4 Å². The number of aliphatic hydroxyl groups is 1. The van der Waals surface area contributed by atoms with Gasteiger partial charge in [0.1, 0.15) is 11.9 Å². The van der Waals surface area contributed by atoms with Crippen molar-refractivity contribution >= 4 is 12.0 Å². The highest BCUT2D eigenvalue weighted by molar-refractivity contribution is 5.87. The third-order valence-electron chi connectivity index (χ3n) is 5.49. The van der Waals surface area contributed by atoms with E-state index in [4.69, 9.17) is 18.9 Å². The van der Waals surface area contributed by atoms with E-state index in [9.17, 15) is 15.0 Å². The van der Waals surface area contributed by atoms with Crippen molar-refractivity contribution in [2.75, 3.05) is 13.7 Å². The van der Waals surface area contributed by atoms with Crippen LogP contribution in [-0.2, 0) is 23.7 Å².